The average molecular weight is 377 g/mol. The molecular weight excluding hydrogens is 348 g/mol. The molecule has 5 nitrogen and oxygen atoms in total. The monoisotopic (exact) mass is 376 g/mol. The Morgan fingerprint density at radius 2 is 1.77 bits per heavy atom. The molecule has 3 atom stereocenters. The van der Waals surface area contributed by atoms with E-state index in [-0.39, 0.29) is 17.6 Å². The second-order valence-electron chi connectivity index (χ2n) is 8.21. The molecule has 26 heavy (non-hydrogen) atoms. The molecule has 1 aliphatic heterocycles. The van der Waals surface area contributed by atoms with Crippen LogP contribution in [0, 0.1) is 17.8 Å². The number of sulfonamides is 1. The van der Waals surface area contributed by atoms with Crippen LogP contribution in [0.15, 0.2) is 30.3 Å². The van der Waals surface area contributed by atoms with Gasteiger partial charge in [-0.2, -0.15) is 0 Å². The van der Waals surface area contributed by atoms with Gasteiger partial charge in [-0.3, -0.25) is 4.79 Å². The number of nitrogens with zero attached hydrogens (tertiary/aromatic N) is 1. The third-order valence-electron chi connectivity index (χ3n) is 6.48. The van der Waals surface area contributed by atoms with Crippen molar-refractivity contribution >= 4 is 15.9 Å². The molecule has 2 aliphatic carbocycles. The van der Waals surface area contributed by atoms with E-state index in [0.29, 0.717) is 37.9 Å². The molecule has 1 heterocycles. The number of nitrogens with one attached hydrogen (secondary N) is 1. The van der Waals surface area contributed by atoms with Gasteiger partial charge in [-0.15, -0.1) is 0 Å². The lowest BCUT2D eigenvalue weighted by molar-refractivity contribution is -0.127. The van der Waals surface area contributed by atoms with Crippen molar-refractivity contribution in [1.82, 2.24) is 9.62 Å². The van der Waals surface area contributed by atoms with Gasteiger partial charge in [0.25, 0.3) is 0 Å². The maximum atomic E-state index is 12.6. The minimum Gasteiger partial charge on any atom is -0.353 e. The van der Waals surface area contributed by atoms with Crippen LogP contribution in [0.4, 0.5) is 0 Å². The summed E-state index contributed by atoms with van der Waals surface area (Å²) in [5.74, 6) is 1.63. The molecule has 2 bridgehead atoms. The fraction of sp³-hybridized carbons (Fsp3) is 0.650. The smallest absolute Gasteiger partial charge is 0.223 e. The fourth-order valence-corrected chi connectivity index (χ4v) is 6.56. The molecule has 1 saturated heterocycles. The summed E-state index contributed by atoms with van der Waals surface area (Å²) in [7, 11) is -3.31. The van der Waals surface area contributed by atoms with Gasteiger partial charge in [0.15, 0.2) is 0 Å². The van der Waals surface area contributed by atoms with Crippen LogP contribution < -0.4 is 5.32 Å². The van der Waals surface area contributed by atoms with Crippen LogP contribution in [0.25, 0.3) is 0 Å². The fourth-order valence-electron chi connectivity index (χ4n) is 4.99. The third kappa shape index (κ3) is 3.81. The highest BCUT2D eigenvalue weighted by Gasteiger charge is 2.41. The summed E-state index contributed by atoms with van der Waals surface area (Å²) in [6, 6.07) is 9.64. The first-order valence-electron chi connectivity index (χ1n) is 9.83. The Bertz CT molecular complexity index is 742. The Morgan fingerprint density at radius 1 is 1.04 bits per heavy atom. The largest absolute Gasteiger partial charge is 0.353 e. The zero-order valence-corrected chi connectivity index (χ0v) is 16.0. The van der Waals surface area contributed by atoms with Crippen molar-refractivity contribution in [2.45, 2.75) is 50.3 Å². The molecule has 0 aromatic heterocycles. The zero-order chi connectivity index (χ0) is 18.1. The lowest BCUT2D eigenvalue weighted by Crippen LogP contribution is -2.46. The van der Waals surface area contributed by atoms with Gasteiger partial charge in [0.1, 0.15) is 0 Å². The van der Waals surface area contributed by atoms with Crippen molar-refractivity contribution < 1.29 is 13.2 Å². The van der Waals surface area contributed by atoms with E-state index in [0.717, 1.165) is 17.9 Å². The average Bonchev–Trinajstić information content (AvgIpc) is 3.25. The topological polar surface area (TPSA) is 66.5 Å². The number of hydrogen-bond acceptors (Lipinski definition) is 3. The molecule has 2 saturated carbocycles. The van der Waals surface area contributed by atoms with Crippen LogP contribution in [0.2, 0.25) is 0 Å². The van der Waals surface area contributed by atoms with E-state index < -0.39 is 10.0 Å². The van der Waals surface area contributed by atoms with Crippen LogP contribution >= 0.6 is 0 Å². The lowest BCUT2D eigenvalue weighted by atomic mass is 9.93. The van der Waals surface area contributed by atoms with E-state index in [1.165, 1.54) is 19.3 Å². The molecule has 0 radical (unpaired) electrons. The Morgan fingerprint density at radius 3 is 2.38 bits per heavy atom. The molecule has 3 aliphatic rings. The van der Waals surface area contributed by atoms with Gasteiger partial charge in [-0.25, -0.2) is 12.7 Å². The summed E-state index contributed by atoms with van der Waals surface area (Å²) in [6.45, 7) is 0.897. The molecule has 0 unspecified atom stereocenters. The van der Waals surface area contributed by atoms with Crippen LogP contribution in [0.3, 0.4) is 0 Å². The second kappa shape index (κ2) is 7.31. The predicted octanol–water partition coefficient (Wildman–Crippen LogP) is 2.53. The van der Waals surface area contributed by atoms with Gasteiger partial charge in [-0.1, -0.05) is 36.8 Å². The number of carbonyl (C=O) groups excluding carboxylic acids is 1. The highest BCUT2D eigenvalue weighted by molar-refractivity contribution is 7.88. The Kier molecular flexibility index (Phi) is 5.06. The summed E-state index contributed by atoms with van der Waals surface area (Å²) in [4.78, 5) is 12.6. The number of rotatable bonds is 5. The Balaban J connectivity index is 1.29. The molecular formula is C20H28N2O3S. The van der Waals surface area contributed by atoms with Gasteiger partial charge in [0.05, 0.1) is 5.75 Å². The first kappa shape index (κ1) is 18.0. The van der Waals surface area contributed by atoms with Crippen molar-refractivity contribution in [3.8, 4) is 0 Å². The van der Waals surface area contributed by atoms with Gasteiger partial charge in [0, 0.05) is 25.0 Å². The first-order chi connectivity index (χ1) is 12.5. The summed E-state index contributed by atoms with van der Waals surface area (Å²) < 4.78 is 26.8. The van der Waals surface area contributed by atoms with Crippen LogP contribution in [-0.4, -0.2) is 37.8 Å². The van der Waals surface area contributed by atoms with Gasteiger partial charge < -0.3 is 5.32 Å². The summed E-state index contributed by atoms with van der Waals surface area (Å²) in [6.07, 6.45) is 6.25. The van der Waals surface area contributed by atoms with E-state index in [4.69, 9.17) is 0 Å². The molecule has 1 aromatic carbocycles. The standard InChI is InChI=1S/C20H28N2O3S/c23-20(21-19-13-16-6-7-18(19)12-16)17-8-10-22(11-9-17)26(24,25)14-15-4-2-1-3-5-15/h1-5,16-19H,6-14H2,(H,21,23)/t16-,18-,19+/m1/s1. The highest BCUT2D eigenvalue weighted by atomic mass is 32.2. The number of amides is 1. The molecule has 1 amide bonds. The molecule has 3 fully saturated rings. The SMILES string of the molecule is O=C(N[C@H]1C[C@@H]2CC[C@@H]1C2)C1CCN(S(=O)(=O)Cc2ccccc2)CC1. The summed E-state index contributed by atoms with van der Waals surface area (Å²) >= 11 is 0. The molecule has 4 rings (SSSR count). The lowest BCUT2D eigenvalue weighted by Gasteiger charge is -2.32. The number of fused-ring (bicyclic) bond motifs is 2. The minimum atomic E-state index is -3.31. The predicted molar refractivity (Wildman–Crippen MR) is 101 cm³/mol. The van der Waals surface area contributed by atoms with Crippen LogP contribution in [0.1, 0.15) is 44.1 Å². The number of carbonyl (C=O) groups is 1. The van der Waals surface area contributed by atoms with Crippen molar-refractivity contribution in [1.29, 1.82) is 0 Å². The molecule has 6 heteroatoms. The highest BCUT2D eigenvalue weighted by Crippen LogP contribution is 2.44. The van der Waals surface area contributed by atoms with Crippen LogP contribution in [0.5, 0.6) is 0 Å². The van der Waals surface area contributed by atoms with E-state index in [1.54, 1.807) is 4.31 Å². The van der Waals surface area contributed by atoms with Gasteiger partial charge in [-0.05, 0) is 49.5 Å². The van der Waals surface area contributed by atoms with Gasteiger partial charge >= 0.3 is 0 Å². The van der Waals surface area contributed by atoms with Crippen molar-refractivity contribution in [3.63, 3.8) is 0 Å². The van der Waals surface area contributed by atoms with Crippen molar-refractivity contribution in [2.75, 3.05) is 13.1 Å². The maximum absolute atomic E-state index is 12.6. The molecule has 0 spiro atoms. The van der Waals surface area contributed by atoms with Crippen LogP contribution in [-0.2, 0) is 20.6 Å². The third-order valence-corrected chi connectivity index (χ3v) is 8.33. The van der Waals surface area contributed by atoms with E-state index in [9.17, 15) is 13.2 Å². The van der Waals surface area contributed by atoms with E-state index >= 15 is 0 Å². The second-order valence-corrected chi connectivity index (χ2v) is 10.2. The van der Waals surface area contributed by atoms with E-state index in [1.807, 2.05) is 30.3 Å². The summed E-state index contributed by atoms with van der Waals surface area (Å²) in [5, 5.41) is 3.27. The molecule has 142 valence electrons. The van der Waals surface area contributed by atoms with Crippen molar-refractivity contribution in [2.24, 2.45) is 17.8 Å². The quantitative estimate of drug-likeness (QED) is 0.859. The first-order valence-corrected chi connectivity index (χ1v) is 11.4. The normalized spacial score (nSPS) is 29.8. The zero-order valence-electron chi connectivity index (χ0n) is 15.1. The number of piperidine rings is 1. The summed E-state index contributed by atoms with van der Waals surface area (Å²) in [5.41, 5.74) is 0.809. The Labute approximate surface area is 156 Å². The Hall–Kier alpha value is -1.40. The number of hydrogen-bond donors (Lipinski definition) is 1. The number of benzene rings is 1. The molecule has 1 N–H and O–H groups in total. The van der Waals surface area contributed by atoms with Gasteiger partial charge in [0.2, 0.25) is 15.9 Å². The van der Waals surface area contributed by atoms with Crippen molar-refractivity contribution in [3.05, 3.63) is 35.9 Å². The maximum Gasteiger partial charge on any atom is 0.223 e. The van der Waals surface area contributed by atoms with E-state index in [2.05, 4.69) is 5.32 Å². The minimum absolute atomic E-state index is 0.0375. The molecule has 1 aromatic rings.